The van der Waals surface area contributed by atoms with Gasteiger partial charge in [-0.1, -0.05) is 0 Å². The highest BCUT2D eigenvalue weighted by Gasteiger charge is 2.02. The highest BCUT2D eigenvalue weighted by atomic mass is 16.5. The van der Waals surface area contributed by atoms with Gasteiger partial charge in [0.15, 0.2) is 12.1 Å². The molecule has 0 saturated heterocycles. The highest BCUT2D eigenvalue weighted by Crippen LogP contribution is 2.07. The molecule has 0 saturated carbocycles. The second-order valence-corrected chi connectivity index (χ2v) is 2.10. The van der Waals surface area contributed by atoms with Crippen molar-refractivity contribution in [2.24, 2.45) is 7.05 Å². The molecule has 0 aliphatic rings. The van der Waals surface area contributed by atoms with Gasteiger partial charge in [-0.2, -0.15) is 4.98 Å². The summed E-state index contributed by atoms with van der Waals surface area (Å²) in [4.78, 5) is 14.2. The summed E-state index contributed by atoms with van der Waals surface area (Å²) in [5.41, 5.74) is 0. The Labute approximate surface area is 64.8 Å². The fourth-order valence-corrected chi connectivity index (χ4v) is 0.779. The first-order valence-electron chi connectivity index (χ1n) is 3.39. The molecule has 11 heavy (non-hydrogen) atoms. The first-order valence-corrected chi connectivity index (χ1v) is 3.39. The van der Waals surface area contributed by atoms with Gasteiger partial charge in [0.05, 0.1) is 12.8 Å². The Morgan fingerprint density at radius 1 is 1.82 bits per heavy atom. The smallest absolute Gasteiger partial charge is 0.232 e. The zero-order valence-corrected chi connectivity index (χ0v) is 6.57. The van der Waals surface area contributed by atoms with E-state index in [4.69, 9.17) is 4.74 Å². The molecule has 0 aliphatic carbocycles. The second-order valence-electron chi connectivity index (χ2n) is 2.10. The van der Waals surface area contributed by atoms with Crippen LogP contribution in [0.5, 0.6) is 5.88 Å². The van der Waals surface area contributed by atoms with Crippen LogP contribution in [-0.2, 0) is 7.05 Å². The van der Waals surface area contributed by atoms with Gasteiger partial charge in [-0.15, -0.1) is 0 Å². The van der Waals surface area contributed by atoms with E-state index in [1.165, 1.54) is 0 Å². The van der Waals surface area contributed by atoms with Gasteiger partial charge in [-0.3, -0.25) is 4.79 Å². The quantitative estimate of drug-likeness (QED) is 0.600. The van der Waals surface area contributed by atoms with E-state index in [1.807, 2.05) is 6.92 Å². The predicted octanol–water partition coefficient (Wildman–Crippen LogP) is 0.631. The lowest BCUT2D eigenvalue weighted by molar-refractivity contribution is 0.111. The minimum absolute atomic E-state index is 0.383. The molecule has 0 aromatic carbocycles. The van der Waals surface area contributed by atoms with E-state index < -0.39 is 0 Å². The summed E-state index contributed by atoms with van der Waals surface area (Å²) in [6.07, 6.45) is 2.37. The number of imidazole rings is 1. The van der Waals surface area contributed by atoms with Crippen molar-refractivity contribution in [3.63, 3.8) is 0 Å². The molecule has 1 rings (SSSR count). The molecule has 0 bridgehead atoms. The summed E-state index contributed by atoms with van der Waals surface area (Å²) in [5.74, 6) is 0.880. The van der Waals surface area contributed by atoms with Crippen LogP contribution in [-0.4, -0.2) is 22.4 Å². The lowest BCUT2D eigenvalue weighted by atomic mass is 10.7. The molecule has 1 aromatic rings. The molecule has 0 aliphatic heterocycles. The zero-order chi connectivity index (χ0) is 8.27. The molecule has 60 valence electrons. The summed E-state index contributed by atoms with van der Waals surface area (Å²) >= 11 is 0. The number of hydrogen-bond donors (Lipinski definition) is 0. The summed E-state index contributed by atoms with van der Waals surface area (Å²) in [7, 11) is 1.75. The summed E-state index contributed by atoms with van der Waals surface area (Å²) in [6, 6.07) is 0. The van der Waals surface area contributed by atoms with Crippen molar-refractivity contribution in [1.82, 2.24) is 9.55 Å². The fraction of sp³-hybridized carbons (Fsp3) is 0.429. The SMILES string of the molecule is CCOc1cn(C)c(C=O)n1. The van der Waals surface area contributed by atoms with Gasteiger partial charge >= 0.3 is 0 Å². The maximum Gasteiger partial charge on any atom is 0.232 e. The average Bonchev–Trinajstić information content (AvgIpc) is 2.32. The van der Waals surface area contributed by atoms with E-state index in [9.17, 15) is 4.79 Å². The Morgan fingerprint density at radius 2 is 2.55 bits per heavy atom. The van der Waals surface area contributed by atoms with Crippen LogP contribution in [0.1, 0.15) is 17.5 Å². The van der Waals surface area contributed by atoms with Crippen molar-refractivity contribution in [2.45, 2.75) is 6.92 Å². The first kappa shape index (κ1) is 7.78. The molecule has 0 spiro atoms. The van der Waals surface area contributed by atoms with E-state index in [2.05, 4.69) is 4.98 Å². The van der Waals surface area contributed by atoms with Crippen LogP contribution < -0.4 is 4.74 Å². The number of hydrogen-bond acceptors (Lipinski definition) is 3. The zero-order valence-electron chi connectivity index (χ0n) is 6.57. The fourth-order valence-electron chi connectivity index (χ4n) is 0.779. The number of nitrogens with zero attached hydrogens (tertiary/aromatic N) is 2. The minimum atomic E-state index is 0.383. The number of rotatable bonds is 3. The van der Waals surface area contributed by atoms with Gasteiger partial charge in [0, 0.05) is 7.05 Å². The van der Waals surface area contributed by atoms with Gasteiger partial charge in [-0.25, -0.2) is 0 Å². The van der Waals surface area contributed by atoms with Crippen LogP contribution in [0.3, 0.4) is 0 Å². The van der Waals surface area contributed by atoms with E-state index in [-0.39, 0.29) is 0 Å². The van der Waals surface area contributed by atoms with Gasteiger partial charge in [0.1, 0.15) is 0 Å². The molecule has 1 aromatic heterocycles. The monoisotopic (exact) mass is 154 g/mol. The van der Waals surface area contributed by atoms with Crippen LogP contribution in [0.4, 0.5) is 0 Å². The minimum Gasteiger partial charge on any atom is -0.477 e. The number of aryl methyl sites for hydroxylation is 1. The molecule has 0 amide bonds. The van der Waals surface area contributed by atoms with E-state index in [1.54, 1.807) is 17.8 Å². The molecule has 0 unspecified atom stereocenters. The number of ether oxygens (including phenoxy) is 1. The number of aldehydes is 1. The van der Waals surface area contributed by atoms with Crippen molar-refractivity contribution in [3.8, 4) is 5.88 Å². The molecular formula is C7H10N2O2. The Bertz CT molecular complexity index is 255. The standard InChI is InChI=1S/C7H10N2O2/c1-3-11-7-4-9(2)6(5-10)8-7/h4-5H,3H2,1-2H3. The van der Waals surface area contributed by atoms with Crippen LogP contribution in [0.25, 0.3) is 0 Å². The molecule has 0 radical (unpaired) electrons. The van der Waals surface area contributed by atoms with Crippen molar-refractivity contribution < 1.29 is 9.53 Å². The number of aromatic nitrogens is 2. The van der Waals surface area contributed by atoms with Crippen LogP contribution in [0.2, 0.25) is 0 Å². The summed E-state index contributed by atoms with van der Waals surface area (Å²) < 4.78 is 6.70. The summed E-state index contributed by atoms with van der Waals surface area (Å²) in [6.45, 7) is 2.44. The van der Waals surface area contributed by atoms with Gasteiger partial charge in [0.25, 0.3) is 0 Å². The first-order chi connectivity index (χ1) is 5.27. The third-order valence-electron chi connectivity index (χ3n) is 1.29. The third kappa shape index (κ3) is 1.58. The molecule has 4 heteroatoms. The number of carbonyl (C=O) groups excluding carboxylic acids is 1. The molecule has 4 nitrogen and oxygen atoms in total. The van der Waals surface area contributed by atoms with E-state index in [0.29, 0.717) is 24.6 Å². The maximum absolute atomic E-state index is 10.3. The van der Waals surface area contributed by atoms with Crippen molar-refractivity contribution in [2.75, 3.05) is 6.61 Å². The maximum atomic E-state index is 10.3. The average molecular weight is 154 g/mol. The Balaban J connectivity index is 2.86. The van der Waals surface area contributed by atoms with Crippen molar-refractivity contribution >= 4 is 6.29 Å². The molecular weight excluding hydrogens is 144 g/mol. The molecule has 1 heterocycles. The van der Waals surface area contributed by atoms with Crippen LogP contribution >= 0.6 is 0 Å². The van der Waals surface area contributed by atoms with E-state index >= 15 is 0 Å². The van der Waals surface area contributed by atoms with Gasteiger partial charge < -0.3 is 9.30 Å². The lowest BCUT2D eigenvalue weighted by Crippen LogP contribution is -1.93. The van der Waals surface area contributed by atoms with Crippen molar-refractivity contribution in [1.29, 1.82) is 0 Å². The predicted molar refractivity (Wildman–Crippen MR) is 39.8 cm³/mol. The Kier molecular flexibility index (Phi) is 2.25. The second kappa shape index (κ2) is 3.18. The normalized spacial score (nSPS) is 9.64. The molecule has 0 N–H and O–H groups in total. The van der Waals surface area contributed by atoms with Crippen LogP contribution in [0, 0.1) is 0 Å². The van der Waals surface area contributed by atoms with Crippen molar-refractivity contribution in [3.05, 3.63) is 12.0 Å². The molecule has 0 atom stereocenters. The highest BCUT2D eigenvalue weighted by molar-refractivity contribution is 5.69. The van der Waals surface area contributed by atoms with E-state index in [0.717, 1.165) is 0 Å². The lowest BCUT2D eigenvalue weighted by Gasteiger charge is -1.93. The Hall–Kier alpha value is -1.32. The Morgan fingerprint density at radius 3 is 3.00 bits per heavy atom. The largest absolute Gasteiger partial charge is 0.477 e. The summed E-state index contributed by atoms with van der Waals surface area (Å²) in [5, 5.41) is 0. The van der Waals surface area contributed by atoms with Gasteiger partial charge in [-0.05, 0) is 6.92 Å². The molecule has 0 fully saturated rings. The van der Waals surface area contributed by atoms with Gasteiger partial charge in [0.2, 0.25) is 5.88 Å². The van der Waals surface area contributed by atoms with Crippen LogP contribution in [0.15, 0.2) is 6.20 Å². The third-order valence-corrected chi connectivity index (χ3v) is 1.29. The topological polar surface area (TPSA) is 44.1 Å². The number of carbonyl (C=O) groups is 1.